The molecular formula is C19H16N2O2S. The molecule has 0 N–H and O–H groups in total. The van der Waals surface area contributed by atoms with Crippen molar-refractivity contribution in [3.63, 3.8) is 0 Å². The lowest BCUT2D eigenvalue weighted by Gasteiger charge is -2.18. The number of rotatable bonds is 3. The second kappa shape index (κ2) is 5.83. The van der Waals surface area contributed by atoms with Gasteiger partial charge in [-0.15, -0.1) is 0 Å². The molecular weight excluding hydrogens is 320 g/mol. The van der Waals surface area contributed by atoms with Crippen LogP contribution in [-0.4, -0.2) is 16.8 Å². The first-order valence-electron chi connectivity index (χ1n) is 7.92. The maximum absolute atomic E-state index is 12.9. The van der Waals surface area contributed by atoms with Gasteiger partial charge in [0, 0.05) is 6.42 Å². The van der Waals surface area contributed by atoms with E-state index >= 15 is 0 Å². The Hall–Kier alpha value is -2.53. The molecule has 2 heterocycles. The molecule has 2 amide bonds. The second-order valence-corrected chi connectivity index (χ2v) is 7.05. The molecule has 3 aromatic rings. The minimum Gasteiger partial charge on any atom is -0.274 e. The maximum atomic E-state index is 12.9. The normalized spacial score (nSPS) is 19.2. The molecule has 0 unspecified atom stereocenters. The SMILES string of the molecule is C[C@@H](c1ccccc1)[C@H]1CC(=O)N(c2nc3ccccc3s2)C1=O. The van der Waals surface area contributed by atoms with E-state index < -0.39 is 0 Å². The van der Waals surface area contributed by atoms with E-state index in [2.05, 4.69) is 4.98 Å². The predicted octanol–water partition coefficient (Wildman–Crippen LogP) is 3.98. The number of hydrogen-bond donors (Lipinski definition) is 0. The van der Waals surface area contributed by atoms with Crippen LogP contribution < -0.4 is 4.90 Å². The molecule has 0 radical (unpaired) electrons. The zero-order chi connectivity index (χ0) is 16.7. The largest absolute Gasteiger partial charge is 0.274 e. The van der Waals surface area contributed by atoms with Crippen molar-refractivity contribution >= 4 is 38.5 Å². The van der Waals surface area contributed by atoms with Crippen molar-refractivity contribution < 1.29 is 9.59 Å². The number of thiazole rings is 1. The van der Waals surface area contributed by atoms with Crippen molar-refractivity contribution in [2.75, 3.05) is 4.90 Å². The van der Waals surface area contributed by atoms with E-state index in [-0.39, 0.29) is 30.1 Å². The molecule has 0 aliphatic carbocycles. The third kappa shape index (κ3) is 2.41. The van der Waals surface area contributed by atoms with Gasteiger partial charge in [-0.1, -0.05) is 60.7 Å². The summed E-state index contributed by atoms with van der Waals surface area (Å²) >= 11 is 1.38. The number of carbonyl (C=O) groups is 2. The van der Waals surface area contributed by atoms with Crippen LogP contribution >= 0.6 is 11.3 Å². The maximum Gasteiger partial charge on any atom is 0.239 e. The van der Waals surface area contributed by atoms with Crippen molar-refractivity contribution in [2.24, 2.45) is 5.92 Å². The molecule has 1 aliphatic heterocycles. The van der Waals surface area contributed by atoms with Crippen molar-refractivity contribution in [3.05, 3.63) is 60.2 Å². The van der Waals surface area contributed by atoms with Crippen LogP contribution in [0.25, 0.3) is 10.2 Å². The van der Waals surface area contributed by atoms with Crippen LogP contribution in [0, 0.1) is 5.92 Å². The summed E-state index contributed by atoms with van der Waals surface area (Å²) in [7, 11) is 0. The molecule has 1 fully saturated rings. The van der Waals surface area contributed by atoms with E-state index in [0.717, 1.165) is 15.8 Å². The molecule has 4 nitrogen and oxygen atoms in total. The highest BCUT2D eigenvalue weighted by atomic mass is 32.1. The van der Waals surface area contributed by atoms with Crippen molar-refractivity contribution in [1.82, 2.24) is 4.98 Å². The molecule has 2 aromatic carbocycles. The van der Waals surface area contributed by atoms with E-state index in [1.54, 1.807) is 0 Å². The third-order valence-corrected chi connectivity index (χ3v) is 5.61. The summed E-state index contributed by atoms with van der Waals surface area (Å²) in [6.07, 6.45) is 0.241. The van der Waals surface area contributed by atoms with Crippen LogP contribution in [0.4, 0.5) is 5.13 Å². The lowest BCUT2D eigenvalue weighted by Crippen LogP contribution is -2.31. The Labute approximate surface area is 143 Å². The molecule has 5 heteroatoms. The number of imide groups is 1. The summed E-state index contributed by atoms with van der Waals surface area (Å²) in [5.74, 6) is -0.629. The standard InChI is InChI=1S/C19H16N2O2S/c1-12(13-7-3-2-4-8-13)14-11-17(22)21(18(14)23)19-20-15-9-5-6-10-16(15)24-19/h2-10,12,14H,11H2,1H3/t12-,14+/m0/s1. The number of fused-ring (bicyclic) bond motifs is 1. The summed E-state index contributed by atoms with van der Waals surface area (Å²) in [5, 5.41) is 0.481. The predicted molar refractivity (Wildman–Crippen MR) is 95.1 cm³/mol. The Kier molecular flexibility index (Phi) is 3.65. The first kappa shape index (κ1) is 15.0. The van der Waals surface area contributed by atoms with Crippen LogP contribution in [0.15, 0.2) is 54.6 Å². The summed E-state index contributed by atoms with van der Waals surface area (Å²) in [4.78, 5) is 31.1. The van der Waals surface area contributed by atoms with Gasteiger partial charge in [0.05, 0.1) is 16.1 Å². The van der Waals surface area contributed by atoms with Gasteiger partial charge >= 0.3 is 0 Å². The molecule has 0 bridgehead atoms. The molecule has 1 aliphatic rings. The van der Waals surface area contributed by atoms with Crippen molar-refractivity contribution in [1.29, 1.82) is 0 Å². The van der Waals surface area contributed by atoms with Crippen LogP contribution in [0.2, 0.25) is 0 Å². The molecule has 4 rings (SSSR count). The van der Waals surface area contributed by atoms with Crippen molar-refractivity contribution in [3.8, 4) is 0 Å². The molecule has 2 atom stereocenters. The lowest BCUT2D eigenvalue weighted by atomic mass is 9.86. The number of aromatic nitrogens is 1. The molecule has 1 saturated heterocycles. The van der Waals surface area contributed by atoms with Gasteiger partial charge in [0.1, 0.15) is 0 Å². The highest BCUT2D eigenvalue weighted by Gasteiger charge is 2.43. The lowest BCUT2D eigenvalue weighted by molar-refractivity contribution is -0.122. The fourth-order valence-electron chi connectivity index (χ4n) is 3.19. The summed E-state index contributed by atoms with van der Waals surface area (Å²) < 4.78 is 0.979. The zero-order valence-electron chi connectivity index (χ0n) is 13.2. The minimum atomic E-state index is -0.327. The van der Waals surface area contributed by atoms with E-state index in [1.807, 2.05) is 61.5 Å². The fraction of sp³-hybridized carbons (Fsp3) is 0.211. The number of benzene rings is 2. The Balaban J connectivity index is 1.66. The number of anilines is 1. The van der Waals surface area contributed by atoms with Gasteiger partial charge in [-0.25, -0.2) is 9.88 Å². The number of para-hydroxylation sites is 1. The van der Waals surface area contributed by atoms with E-state index in [4.69, 9.17) is 0 Å². The zero-order valence-corrected chi connectivity index (χ0v) is 14.0. The van der Waals surface area contributed by atoms with Gasteiger partial charge in [0.25, 0.3) is 0 Å². The Bertz CT molecular complexity index is 886. The summed E-state index contributed by atoms with van der Waals surface area (Å²) in [6.45, 7) is 2.01. The van der Waals surface area contributed by atoms with E-state index in [1.165, 1.54) is 16.2 Å². The van der Waals surface area contributed by atoms with Crippen LogP contribution in [0.1, 0.15) is 24.8 Å². The number of amides is 2. The smallest absolute Gasteiger partial charge is 0.239 e. The second-order valence-electron chi connectivity index (χ2n) is 6.04. The number of nitrogens with zero attached hydrogens (tertiary/aromatic N) is 2. The van der Waals surface area contributed by atoms with E-state index in [0.29, 0.717) is 5.13 Å². The number of carbonyl (C=O) groups excluding carboxylic acids is 2. The van der Waals surface area contributed by atoms with Gasteiger partial charge in [-0.3, -0.25) is 9.59 Å². The Morgan fingerprint density at radius 3 is 2.54 bits per heavy atom. The van der Waals surface area contributed by atoms with Crippen molar-refractivity contribution in [2.45, 2.75) is 19.3 Å². The summed E-state index contributed by atoms with van der Waals surface area (Å²) in [5.41, 5.74) is 1.90. The van der Waals surface area contributed by atoms with Gasteiger partial charge < -0.3 is 0 Å². The quantitative estimate of drug-likeness (QED) is 0.680. The van der Waals surface area contributed by atoms with Crippen LogP contribution in [0.3, 0.4) is 0 Å². The Morgan fingerprint density at radius 1 is 1.08 bits per heavy atom. The third-order valence-electron chi connectivity index (χ3n) is 4.58. The highest BCUT2D eigenvalue weighted by Crippen LogP contribution is 2.38. The first-order chi connectivity index (χ1) is 11.6. The van der Waals surface area contributed by atoms with Gasteiger partial charge in [0.15, 0.2) is 5.13 Å². The Morgan fingerprint density at radius 2 is 1.79 bits per heavy atom. The van der Waals surface area contributed by atoms with Gasteiger partial charge in [-0.05, 0) is 23.6 Å². The fourth-order valence-corrected chi connectivity index (χ4v) is 4.18. The van der Waals surface area contributed by atoms with Crippen LogP contribution in [-0.2, 0) is 9.59 Å². The number of hydrogen-bond acceptors (Lipinski definition) is 4. The van der Waals surface area contributed by atoms with Crippen LogP contribution in [0.5, 0.6) is 0 Å². The first-order valence-corrected chi connectivity index (χ1v) is 8.74. The average Bonchev–Trinajstić information content (AvgIpc) is 3.15. The molecule has 120 valence electrons. The highest BCUT2D eigenvalue weighted by molar-refractivity contribution is 7.22. The minimum absolute atomic E-state index is 0.00188. The van der Waals surface area contributed by atoms with Gasteiger partial charge in [0.2, 0.25) is 11.8 Å². The topological polar surface area (TPSA) is 50.3 Å². The summed E-state index contributed by atoms with van der Waals surface area (Å²) in [6, 6.07) is 17.5. The monoisotopic (exact) mass is 336 g/mol. The van der Waals surface area contributed by atoms with Gasteiger partial charge in [-0.2, -0.15) is 0 Å². The van der Waals surface area contributed by atoms with E-state index in [9.17, 15) is 9.59 Å². The molecule has 1 aromatic heterocycles. The molecule has 24 heavy (non-hydrogen) atoms. The average molecular weight is 336 g/mol. The molecule has 0 spiro atoms. The molecule has 0 saturated carbocycles.